The maximum atomic E-state index is 12.0. The molecule has 0 heterocycles. The third kappa shape index (κ3) is 4.10. The van der Waals surface area contributed by atoms with E-state index in [1.165, 1.54) is 0 Å². The Labute approximate surface area is 153 Å². The minimum atomic E-state index is -4.60. The predicted octanol–water partition coefficient (Wildman–Crippen LogP) is -1.68. The van der Waals surface area contributed by atoms with Crippen molar-refractivity contribution in [1.82, 2.24) is 0 Å². The summed E-state index contributed by atoms with van der Waals surface area (Å²) in [6, 6.07) is 9.07. The van der Waals surface area contributed by atoms with Crippen LogP contribution in [-0.4, -0.2) is 29.5 Å². The molecule has 1 aromatic carbocycles. The summed E-state index contributed by atoms with van der Waals surface area (Å²) in [6.45, 7) is 3.39. The van der Waals surface area contributed by atoms with Gasteiger partial charge in [0.05, 0.1) is 5.92 Å². The summed E-state index contributed by atoms with van der Waals surface area (Å²) < 4.78 is 36.1. The molecular weight excluding hydrogens is 319 g/mol. The second-order valence-electron chi connectivity index (χ2n) is 5.82. The minimum Gasteiger partial charge on any atom is -1.00 e. The maximum absolute atomic E-state index is 12.0. The van der Waals surface area contributed by atoms with E-state index in [1.807, 2.05) is 18.2 Å². The molecule has 2 rings (SSSR count). The van der Waals surface area contributed by atoms with Gasteiger partial charge in [0, 0.05) is 5.92 Å². The average molecular weight is 338 g/mol. The molecule has 22 heavy (non-hydrogen) atoms. The normalized spacial score (nSPS) is 24.0. The smallest absolute Gasteiger partial charge is 1.00 e. The van der Waals surface area contributed by atoms with E-state index in [9.17, 15) is 18.3 Å². The molecule has 0 radical (unpaired) electrons. The van der Waals surface area contributed by atoms with Crippen molar-refractivity contribution in [3.63, 3.8) is 0 Å². The van der Waals surface area contributed by atoms with Gasteiger partial charge in [-0.1, -0.05) is 44.2 Å². The van der Waals surface area contributed by atoms with Gasteiger partial charge < -0.3 is 11.3 Å². The third-order valence-electron chi connectivity index (χ3n) is 4.00. The van der Waals surface area contributed by atoms with E-state index < -0.39 is 38.8 Å². The topological polar surface area (TPSA) is 101 Å². The molecule has 1 aliphatic carbocycles. The molecular formula is C14H19NaO6S. The number of aliphatic hydroxyl groups is 1. The number of carbonyl (C=O) groups excluding carboxylic acids is 1. The predicted molar refractivity (Wildman–Crippen MR) is 75.7 cm³/mol. The van der Waals surface area contributed by atoms with Gasteiger partial charge in [-0.25, -0.2) is 0 Å². The van der Waals surface area contributed by atoms with E-state index in [1.54, 1.807) is 26.0 Å². The van der Waals surface area contributed by atoms with Crippen LogP contribution in [0.25, 0.3) is 0 Å². The van der Waals surface area contributed by atoms with Gasteiger partial charge in [0.1, 0.15) is 6.61 Å². The molecule has 0 saturated heterocycles. The number of aliphatic hydroxyl groups excluding tert-OH is 1. The zero-order chi connectivity index (χ0) is 15.8. The van der Waals surface area contributed by atoms with Gasteiger partial charge in [0.2, 0.25) is 0 Å². The fourth-order valence-electron chi connectivity index (χ4n) is 2.66. The van der Waals surface area contributed by atoms with Crippen LogP contribution in [0.15, 0.2) is 30.3 Å². The third-order valence-corrected chi connectivity index (χ3v) is 4.90. The molecule has 1 aliphatic rings. The first-order chi connectivity index (χ1) is 9.65. The summed E-state index contributed by atoms with van der Waals surface area (Å²) in [7, 11) is -4.60. The van der Waals surface area contributed by atoms with Crippen molar-refractivity contribution in [3.05, 3.63) is 35.9 Å². The van der Waals surface area contributed by atoms with E-state index in [0.29, 0.717) is 0 Å². The van der Waals surface area contributed by atoms with Crippen LogP contribution in [0.4, 0.5) is 0 Å². The Balaban J connectivity index is 0.00000242. The van der Waals surface area contributed by atoms with Gasteiger partial charge in [-0.3, -0.25) is 9.35 Å². The SMILES string of the molecule is CC1(C)C(C(=O)OCc2ccccc2)C1C(O)S(=O)(=O)O.[H-].[Na+]. The Hall–Kier alpha value is -0.440. The number of hydrogen-bond acceptors (Lipinski definition) is 5. The Bertz CT molecular complexity index is 634. The van der Waals surface area contributed by atoms with Gasteiger partial charge in [-0.2, -0.15) is 8.42 Å². The molecule has 1 saturated carbocycles. The Kier molecular flexibility index (Phi) is 6.22. The molecule has 3 unspecified atom stereocenters. The second kappa shape index (κ2) is 6.98. The molecule has 0 spiro atoms. The molecule has 0 amide bonds. The standard InChI is InChI=1S/C14H18O6S.Na.H/c1-14(2)10(11(14)13(16)21(17,18)19)12(15)20-8-9-6-4-3-5-7-9;;/h3-7,10-11,13,16H,8H2,1-2H3,(H,17,18,19);;/q;+1;-1. The summed E-state index contributed by atoms with van der Waals surface area (Å²) in [5.74, 6) is -2.19. The van der Waals surface area contributed by atoms with Crippen LogP contribution in [0.2, 0.25) is 0 Å². The van der Waals surface area contributed by atoms with E-state index in [-0.39, 0.29) is 37.6 Å². The van der Waals surface area contributed by atoms with Gasteiger partial charge in [0.25, 0.3) is 10.1 Å². The van der Waals surface area contributed by atoms with E-state index in [4.69, 9.17) is 9.29 Å². The summed E-state index contributed by atoms with van der Waals surface area (Å²) in [4.78, 5) is 12.0. The fourth-order valence-corrected chi connectivity index (χ4v) is 3.54. The van der Waals surface area contributed by atoms with Crippen LogP contribution in [0.3, 0.4) is 0 Å². The summed E-state index contributed by atoms with van der Waals surface area (Å²) in [5.41, 5.74) is -1.89. The monoisotopic (exact) mass is 338 g/mol. The maximum Gasteiger partial charge on any atom is 1.00 e. The van der Waals surface area contributed by atoms with Crippen molar-refractivity contribution in [1.29, 1.82) is 0 Å². The first kappa shape index (κ1) is 19.6. The second-order valence-corrected chi connectivity index (χ2v) is 7.34. The molecule has 0 aromatic heterocycles. The van der Waals surface area contributed by atoms with Gasteiger partial charge in [-0.05, 0) is 11.0 Å². The largest absolute Gasteiger partial charge is 1.00 e. The molecule has 0 aliphatic heterocycles. The quantitative estimate of drug-likeness (QED) is 0.378. The van der Waals surface area contributed by atoms with Crippen LogP contribution >= 0.6 is 0 Å². The minimum absolute atomic E-state index is 0. The van der Waals surface area contributed by atoms with Crippen molar-refractivity contribution in [3.8, 4) is 0 Å². The summed E-state index contributed by atoms with van der Waals surface area (Å²) >= 11 is 0. The van der Waals surface area contributed by atoms with E-state index in [2.05, 4.69) is 0 Å². The first-order valence-electron chi connectivity index (χ1n) is 6.50. The number of ether oxygens (including phenoxy) is 1. The van der Waals surface area contributed by atoms with Crippen LogP contribution in [0.1, 0.15) is 20.8 Å². The van der Waals surface area contributed by atoms with Crippen LogP contribution in [-0.2, 0) is 26.3 Å². The first-order valence-corrected chi connectivity index (χ1v) is 8.01. The van der Waals surface area contributed by atoms with Crippen molar-refractivity contribution in [2.75, 3.05) is 0 Å². The Morgan fingerprint density at radius 2 is 1.91 bits per heavy atom. The van der Waals surface area contributed by atoms with Crippen molar-refractivity contribution in [2.24, 2.45) is 17.3 Å². The molecule has 8 heteroatoms. The van der Waals surface area contributed by atoms with Crippen molar-refractivity contribution in [2.45, 2.75) is 25.9 Å². The number of rotatable bonds is 5. The molecule has 1 fully saturated rings. The van der Waals surface area contributed by atoms with Crippen LogP contribution < -0.4 is 29.6 Å². The average Bonchev–Trinajstić information content (AvgIpc) is 2.98. The summed E-state index contributed by atoms with van der Waals surface area (Å²) in [6.07, 6.45) is 0. The van der Waals surface area contributed by atoms with Gasteiger partial charge >= 0.3 is 35.5 Å². The number of carbonyl (C=O) groups is 1. The van der Waals surface area contributed by atoms with Crippen molar-refractivity contribution >= 4 is 16.1 Å². The fraction of sp³-hybridized carbons (Fsp3) is 0.500. The number of benzene rings is 1. The molecule has 0 bridgehead atoms. The zero-order valence-electron chi connectivity index (χ0n) is 13.8. The van der Waals surface area contributed by atoms with Gasteiger partial charge in [-0.15, -0.1) is 0 Å². The van der Waals surface area contributed by atoms with Crippen LogP contribution in [0, 0.1) is 17.3 Å². The Morgan fingerprint density at radius 3 is 2.41 bits per heavy atom. The zero-order valence-corrected chi connectivity index (χ0v) is 15.6. The van der Waals surface area contributed by atoms with Crippen molar-refractivity contribution < 1.29 is 58.6 Å². The van der Waals surface area contributed by atoms with Crippen LogP contribution in [0.5, 0.6) is 0 Å². The molecule has 118 valence electrons. The van der Waals surface area contributed by atoms with Gasteiger partial charge in [0.15, 0.2) is 5.44 Å². The molecule has 2 N–H and O–H groups in total. The molecule has 3 atom stereocenters. The number of hydrogen-bond donors (Lipinski definition) is 2. The Morgan fingerprint density at radius 1 is 1.36 bits per heavy atom. The number of esters is 1. The summed E-state index contributed by atoms with van der Waals surface area (Å²) in [5, 5.41) is 9.62. The van der Waals surface area contributed by atoms with E-state index >= 15 is 0 Å². The molecule has 1 aromatic rings. The van der Waals surface area contributed by atoms with E-state index in [0.717, 1.165) is 5.56 Å². The molecule has 6 nitrogen and oxygen atoms in total.